The van der Waals surface area contributed by atoms with Gasteiger partial charge in [-0.2, -0.15) is 0 Å². The molecule has 0 aliphatic carbocycles. The van der Waals surface area contributed by atoms with Crippen LogP contribution in [0.4, 0.5) is 10.5 Å². The van der Waals surface area contributed by atoms with E-state index in [9.17, 15) is 9.59 Å². The molecule has 0 atom stereocenters. The van der Waals surface area contributed by atoms with Crippen LogP contribution in [0, 0.1) is 6.92 Å². The van der Waals surface area contributed by atoms with Gasteiger partial charge in [0.25, 0.3) is 0 Å². The van der Waals surface area contributed by atoms with Gasteiger partial charge in [0.2, 0.25) is 5.91 Å². The van der Waals surface area contributed by atoms with Gasteiger partial charge in [-0.25, -0.2) is 4.79 Å². The van der Waals surface area contributed by atoms with Crippen molar-refractivity contribution in [3.05, 3.63) is 89.9 Å². The van der Waals surface area contributed by atoms with Gasteiger partial charge in [-0.3, -0.25) is 4.79 Å². The Labute approximate surface area is 194 Å². The summed E-state index contributed by atoms with van der Waals surface area (Å²) in [4.78, 5) is 29.7. The van der Waals surface area contributed by atoms with E-state index in [1.165, 1.54) is 4.90 Å². The number of aryl methyl sites for hydroxylation is 1. The largest absolute Gasteiger partial charge is 0.467 e. The highest BCUT2D eigenvalue weighted by Crippen LogP contribution is 2.15. The van der Waals surface area contributed by atoms with Gasteiger partial charge in [-0.1, -0.05) is 48.5 Å². The lowest BCUT2D eigenvalue weighted by Gasteiger charge is -2.28. The third kappa shape index (κ3) is 7.50. The lowest BCUT2D eigenvalue weighted by molar-refractivity contribution is -0.133. The molecule has 3 aromatic rings. The van der Waals surface area contributed by atoms with E-state index in [4.69, 9.17) is 9.15 Å². The molecular formula is C26H31N3O4. The molecule has 33 heavy (non-hydrogen) atoms. The van der Waals surface area contributed by atoms with Gasteiger partial charge in [0, 0.05) is 32.5 Å². The molecule has 0 fully saturated rings. The summed E-state index contributed by atoms with van der Waals surface area (Å²) < 4.78 is 10.6. The van der Waals surface area contributed by atoms with E-state index in [0.717, 1.165) is 16.8 Å². The van der Waals surface area contributed by atoms with Crippen molar-refractivity contribution < 1.29 is 18.7 Å². The van der Waals surface area contributed by atoms with E-state index in [-0.39, 0.29) is 18.5 Å². The molecule has 0 aliphatic rings. The van der Waals surface area contributed by atoms with Crippen LogP contribution in [-0.2, 0) is 22.6 Å². The molecule has 1 aromatic heterocycles. The minimum Gasteiger partial charge on any atom is -0.467 e. The maximum absolute atomic E-state index is 13.4. The first-order valence-electron chi connectivity index (χ1n) is 11.0. The number of nitrogens with zero attached hydrogens (tertiary/aromatic N) is 2. The summed E-state index contributed by atoms with van der Waals surface area (Å²) in [6.45, 7) is 3.54. The Hall–Kier alpha value is -3.58. The highest BCUT2D eigenvalue weighted by molar-refractivity contribution is 5.93. The lowest BCUT2D eigenvalue weighted by Crippen LogP contribution is -2.44. The van der Waals surface area contributed by atoms with Gasteiger partial charge in [0.1, 0.15) is 12.3 Å². The van der Waals surface area contributed by atoms with Gasteiger partial charge in [-0.15, -0.1) is 0 Å². The van der Waals surface area contributed by atoms with Gasteiger partial charge >= 0.3 is 6.03 Å². The van der Waals surface area contributed by atoms with Crippen molar-refractivity contribution in [2.24, 2.45) is 0 Å². The summed E-state index contributed by atoms with van der Waals surface area (Å²) in [6, 6.07) is 20.7. The molecule has 2 aromatic carbocycles. The summed E-state index contributed by atoms with van der Waals surface area (Å²) in [6.07, 6.45) is 2.22. The van der Waals surface area contributed by atoms with Crippen molar-refractivity contribution in [2.75, 3.05) is 32.1 Å². The molecule has 174 valence electrons. The molecule has 0 saturated carbocycles. The van der Waals surface area contributed by atoms with E-state index in [0.29, 0.717) is 38.4 Å². The van der Waals surface area contributed by atoms with Crippen LogP contribution in [0.2, 0.25) is 0 Å². The summed E-state index contributed by atoms with van der Waals surface area (Å²) in [5.41, 5.74) is 2.69. The summed E-state index contributed by atoms with van der Waals surface area (Å²) >= 11 is 0. The zero-order valence-electron chi connectivity index (χ0n) is 19.2. The van der Waals surface area contributed by atoms with E-state index in [1.807, 2.05) is 67.6 Å². The molecule has 1 heterocycles. The third-order valence-corrected chi connectivity index (χ3v) is 5.27. The monoisotopic (exact) mass is 449 g/mol. The molecule has 0 saturated heterocycles. The van der Waals surface area contributed by atoms with Gasteiger partial charge in [-0.05, 0) is 42.7 Å². The van der Waals surface area contributed by atoms with Crippen LogP contribution in [0.15, 0.2) is 77.4 Å². The third-order valence-electron chi connectivity index (χ3n) is 5.27. The zero-order valence-corrected chi connectivity index (χ0v) is 19.2. The minimum absolute atomic E-state index is 0.0467. The van der Waals surface area contributed by atoms with Crippen LogP contribution in [-0.4, -0.2) is 48.5 Å². The van der Waals surface area contributed by atoms with Crippen LogP contribution in [0.1, 0.15) is 23.3 Å². The molecule has 0 unspecified atom stereocenters. The van der Waals surface area contributed by atoms with Crippen molar-refractivity contribution in [1.82, 2.24) is 9.80 Å². The standard InChI is InChI=1S/C26H31N3O4/c1-21-10-6-7-14-24(21)27-26(31)28(15-9-16-32-2)20-25(30)29(19-23-13-8-17-33-23)18-22-11-4-3-5-12-22/h3-8,10-14,17H,9,15-16,18-20H2,1-2H3,(H,27,31). The Kier molecular flexibility index (Phi) is 9.08. The fraction of sp³-hybridized carbons (Fsp3) is 0.308. The fourth-order valence-corrected chi connectivity index (χ4v) is 3.45. The van der Waals surface area contributed by atoms with E-state index >= 15 is 0 Å². The van der Waals surface area contributed by atoms with Crippen LogP contribution in [0.3, 0.4) is 0 Å². The predicted molar refractivity (Wildman–Crippen MR) is 128 cm³/mol. The lowest BCUT2D eigenvalue weighted by atomic mass is 10.2. The average Bonchev–Trinajstić information content (AvgIpc) is 3.33. The van der Waals surface area contributed by atoms with Gasteiger partial charge in [0.15, 0.2) is 0 Å². The number of furan rings is 1. The first-order valence-corrected chi connectivity index (χ1v) is 11.0. The molecule has 0 radical (unpaired) electrons. The maximum atomic E-state index is 13.4. The number of ether oxygens (including phenoxy) is 1. The molecule has 7 heteroatoms. The molecule has 0 spiro atoms. The first kappa shape index (κ1) is 24.1. The molecule has 1 N–H and O–H groups in total. The Morgan fingerprint density at radius 2 is 1.70 bits per heavy atom. The second kappa shape index (κ2) is 12.5. The molecule has 7 nitrogen and oxygen atoms in total. The Morgan fingerprint density at radius 1 is 0.939 bits per heavy atom. The Bertz CT molecular complexity index is 1010. The minimum atomic E-state index is -0.314. The van der Waals surface area contributed by atoms with Crippen molar-refractivity contribution in [2.45, 2.75) is 26.4 Å². The number of nitrogens with one attached hydrogen (secondary N) is 1. The fourth-order valence-electron chi connectivity index (χ4n) is 3.45. The van der Waals surface area contributed by atoms with Crippen molar-refractivity contribution in [3.8, 4) is 0 Å². The van der Waals surface area contributed by atoms with E-state index in [1.54, 1.807) is 24.3 Å². The van der Waals surface area contributed by atoms with Crippen LogP contribution in [0.25, 0.3) is 0 Å². The molecule has 0 aliphatic heterocycles. The highest BCUT2D eigenvalue weighted by Gasteiger charge is 2.23. The molecule has 3 amide bonds. The number of methoxy groups -OCH3 is 1. The van der Waals surface area contributed by atoms with E-state index < -0.39 is 0 Å². The maximum Gasteiger partial charge on any atom is 0.322 e. The van der Waals surface area contributed by atoms with Crippen molar-refractivity contribution >= 4 is 17.6 Å². The van der Waals surface area contributed by atoms with Gasteiger partial charge in [0.05, 0.1) is 12.8 Å². The summed E-state index contributed by atoms with van der Waals surface area (Å²) in [5, 5.41) is 2.93. The number of urea groups is 1. The number of carbonyl (C=O) groups excluding carboxylic acids is 2. The second-order valence-electron chi connectivity index (χ2n) is 7.83. The number of benzene rings is 2. The van der Waals surface area contributed by atoms with Crippen molar-refractivity contribution in [3.63, 3.8) is 0 Å². The molecule has 0 bridgehead atoms. The number of para-hydroxylation sites is 1. The quantitative estimate of drug-likeness (QED) is 0.431. The first-order chi connectivity index (χ1) is 16.1. The number of hydrogen-bond acceptors (Lipinski definition) is 4. The van der Waals surface area contributed by atoms with Gasteiger partial charge < -0.3 is 24.3 Å². The number of rotatable bonds is 11. The van der Waals surface area contributed by atoms with Crippen molar-refractivity contribution in [1.29, 1.82) is 0 Å². The zero-order chi connectivity index (χ0) is 23.5. The smallest absolute Gasteiger partial charge is 0.322 e. The Balaban J connectivity index is 1.74. The summed E-state index contributed by atoms with van der Waals surface area (Å²) in [7, 11) is 1.62. The SMILES string of the molecule is COCCCN(CC(=O)N(Cc1ccccc1)Cc1ccco1)C(=O)Nc1ccccc1C. The average molecular weight is 450 g/mol. The molecule has 3 rings (SSSR count). The number of hydrogen-bond donors (Lipinski definition) is 1. The van der Waals surface area contributed by atoms with Crippen LogP contribution in [0.5, 0.6) is 0 Å². The van der Waals surface area contributed by atoms with Crippen LogP contribution >= 0.6 is 0 Å². The van der Waals surface area contributed by atoms with Crippen LogP contribution < -0.4 is 5.32 Å². The van der Waals surface area contributed by atoms with E-state index in [2.05, 4.69) is 5.32 Å². The Morgan fingerprint density at radius 3 is 2.39 bits per heavy atom. The normalized spacial score (nSPS) is 10.6. The second-order valence-corrected chi connectivity index (χ2v) is 7.83. The summed E-state index contributed by atoms with van der Waals surface area (Å²) in [5.74, 6) is 0.530. The number of anilines is 1. The predicted octanol–water partition coefficient (Wildman–Crippen LogP) is 4.69. The number of amides is 3. The number of carbonyl (C=O) groups is 2. The highest BCUT2D eigenvalue weighted by atomic mass is 16.5. The topological polar surface area (TPSA) is 75.0 Å². The molecular weight excluding hydrogens is 418 g/mol.